The lowest BCUT2D eigenvalue weighted by molar-refractivity contribution is -0.150. The van der Waals surface area contributed by atoms with Crippen LogP contribution in [0.5, 0.6) is 0 Å². The maximum absolute atomic E-state index is 12.5. The Hall–Kier alpha value is -2.38. The van der Waals surface area contributed by atoms with Crippen molar-refractivity contribution in [2.45, 2.75) is 12.6 Å². The van der Waals surface area contributed by atoms with E-state index in [1.54, 1.807) is 0 Å². The van der Waals surface area contributed by atoms with Gasteiger partial charge in [-0.2, -0.15) is 18.3 Å². The summed E-state index contributed by atoms with van der Waals surface area (Å²) >= 11 is 0. The van der Waals surface area contributed by atoms with E-state index in [0.717, 1.165) is 19.2 Å². The van der Waals surface area contributed by atoms with E-state index in [2.05, 4.69) is 15.3 Å². The first-order valence-electron chi connectivity index (χ1n) is 5.95. The maximum atomic E-state index is 12.5. The van der Waals surface area contributed by atoms with Gasteiger partial charge in [-0.3, -0.25) is 9.59 Å². The number of carbonyl (C=O) groups is 2. The zero-order valence-corrected chi connectivity index (χ0v) is 10.9. The van der Waals surface area contributed by atoms with Crippen LogP contribution >= 0.6 is 0 Å². The molecule has 1 aromatic carbocycles. The molecule has 0 aromatic heterocycles. The monoisotopic (exact) mass is 300 g/mol. The summed E-state index contributed by atoms with van der Waals surface area (Å²) < 4.78 is 41.9. The van der Waals surface area contributed by atoms with Crippen molar-refractivity contribution in [3.8, 4) is 0 Å². The minimum Gasteiger partial charge on any atom is -0.468 e. The number of carbonyl (C=O) groups excluding carboxylic acids is 2. The fourth-order valence-electron chi connectivity index (χ4n) is 1.90. The van der Waals surface area contributed by atoms with E-state index in [9.17, 15) is 22.8 Å². The van der Waals surface area contributed by atoms with E-state index in [4.69, 9.17) is 0 Å². The third kappa shape index (κ3) is 3.21. The average Bonchev–Trinajstić information content (AvgIpc) is 2.46. The van der Waals surface area contributed by atoms with E-state index in [0.29, 0.717) is 11.3 Å². The smallest absolute Gasteiger partial charge is 0.416 e. The highest BCUT2D eigenvalue weighted by molar-refractivity contribution is 6.10. The Morgan fingerprint density at radius 3 is 2.48 bits per heavy atom. The zero-order valence-electron chi connectivity index (χ0n) is 10.9. The minimum absolute atomic E-state index is 0.0239. The standard InChI is InChI=1S/C13H11F3N2O3/c1-21-12(20)9-6-10(17-18-11(9)19)7-2-4-8(5-3-7)13(14,15)16/h2-5,9H,6H2,1H3,(H,18,19). The number of rotatable bonds is 2. The summed E-state index contributed by atoms with van der Waals surface area (Å²) in [6.45, 7) is 0. The number of benzene rings is 1. The van der Waals surface area contributed by atoms with Crippen LogP contribution in [-0.2, 0) is 20.5 Å². The number of nitrogens with zero attached hydrogens (tertiary/aromatic N) is 1. The van der Waals surface area contributed by atoms with Crippen molar-refractivity contribution in [2.75, 3.05) is 7.11 Å². The number of hydrazone groups is 1. The largest absolute Gasteiger partial charge is 0.468 e. The molecule has 0 bridgehead atoms. The maximum Gasteiger partial charge on any atom is 0.416 e. The number of hydrogen-bond acceptors (Lipinski definition) is 4. The number of methoxy groups -OCH3 is 1. The Balaban J connectivity index is 2.22. The molecule has 0 saturated heterocycles. The minimum atomic E-state index is -4.42. The number of ether oxygens (including phenoxy) is 1. The normalized spacial score (nSPS) is 18.8. The van der Waals surface area contributed by atoms with Crippen LogP contribution in [0.1, 0.15) is 17.5 Å². The van der Waals surface area contributed by atoms with Crippen LogP contribution in [0.2, 0.25) is 0 Å². The molecular weight excluding hydrogens is 289 g/mol. The van der Waals surface area contributed by atoms with Gasteiger partial charge in [-0.15, -0.1) is 0 Å². The molecule has 5 nitrogen and oxygen atoms in total. The highest BCUT2D eigenvalue weighted by atomic mass is 19.4. The molecular formula is C13H11F3N2O3. The lowest BCUT2D eigenvalue weighted by Crippen LogP contribution is -2.39. The summed E-state index contributed by atoms with van der Waals surface area (Å²) in [5, 5.41) is 3.77. The number of halogens is 3. The van der Waals surface area contributed by atoms with Gasteiger partial charge in [-0.1, -0.05) is 12.1 Å². The summed E-state index contributed by atoms with van der Waals surface area (Å²) in [6.07, 6.45) is -4.44. The lowest BCUT2D eigenvalue weighted by atomic mass is 9.95. The van der Waals surface area contributed by atoms with E-state index in [1.807, 2.05) is 0 Å². The molecule has 0 fully saturated rings. The molecule has 1 amide bonds. The molecule has 112 valence electrons. The van der Waals surface area contributed by atoms with Crippen molar-refractivity contribution in [1.82, 2.24) is 5.43 Å². The van der Waals surface area contributed by atoms with Gasteiger partial charge in [-0.25, -0.2) is 5.43 Å². The van der Waals surface area contributed by atoms with E-state index in [1.165, 1.54) is 12.1 Å². The summed E-state index contributed by atoms with van der Waals surface area (Å²) in [6, 6.07) is 4.32. The van der Waals surface area contributed by atoms with Gasteiger partial charge in [0.2, 0.25) is 0 Å². The molecule has 21 heavy (non-hydrogen) atoms. The second kappa shape index (κ2) is 5.55. The molecule has 1 N–H and O–H groups in total. The van der Waals surface area contributed by atoms with Gasteiger partial charge in [0.15, 0.2) is 0 Å². The van der Waals surface area contributed by atoms with Gasteiger partial charge in [-0.05, 0) is 17.7 Å². The van der Waals surface area contributed by atoms with Gasteiger partial charge < -0.3 is 4.74 Å². The zero-order chi connectivity index (χ0) is 15.6. The average molecular weight is 300 g/mol. The first-order chi connectivity index (χ1) is 9.82. The highest BCUT2D eigenvalue weighted by Crippen LogP contribution is 2.29. The SMILES string of the molecule is COC(=O)C1CC(c2ccc(C(F)(F)F)cc2)=NNC1=O. The van der Waals surface area contributed by atoms with Crippen LogP contribution in [0.25, 0.3) is 0 Å². The molecule has 0 aliphatic carbocycles. The molecule has 1 aromatic rings. The second-order valence-corrected chi connectivity index (χ2v) is 4.39. The summed E-state index contributed by atoms with van der Waals surface area (Å²) in [4.78, 5) is 22.9. The van der Waals surface area contributed by atoms with Crippen molar-refractivity contribution in [1.29, 1.82) is 0 Å². The van der Waals surface area contributed by atoms with Gasteiger partial charge >= 0.3 is 12.1 Å². The Morgan fingerprint density at radius 1 is 1.33 bits per heavy atom. The first kappa shape index (κ1) is 15.0. The third-order valence-corrected chi connectivity index (χ3v) is 3.05. The van der Waals surface area contributed by atoms with Gasteiger partial charge in [0.1, 0.15) is 5.92 Å². The van der Waals surface area contributed by atoms with Crippen LogP contribution in [0, 0.1) is 5.92 Å². The Bertz CT molecular complexity index is 594. The molecule has 8 heteroatoms. The van der Waals surface area contributed by atoms with Crippen LogP contribution in [0.3, 0.4) is 0 Å². The third-order valence-electron chi connectivity index (χ3n) is 3.05. The fourth-order valence-corrected chi connectivity index (χ4v) is 1.90. The lowest BCUT2D eigenvalue weighted by Gasteiger charge is -2.19. The fraction of sp³-hybridized carbons (Fsp3) is 0.308. The van der Waals surface area contributed by atoms with Crippen molar-refractivity contribution >= 4 is 17.6 Å². The molecule has 1 aliphatic heterocycles. The molecule has 0 radical (unpaired) electrons. The molecule has 1 atom stereocenters. The number of esters is 1. The van der Waals surface area contributed by atoms with E-state index in [-0.39, 0.29) is 6.42 Å². The number of hydrogen-bond donors (Lipinski definition) is 1. The Morgan fingerprint density at radius 2 is 1.95 bits per heavy atom. The van der Waals surface area contributed by atoms with Gasteiger partial charge in [0.05, 0.1) is 18.4 Å². The molecule has 1 heterocycles. The predicted molar refractivity (Wildman–Crippen MR) is 66.2 cm³/mol. The quantitative estimate of drug-likeness (QED) is 0.668. The first-order valence-corrected chi connectivity index (χ1v) is 5.95. The summed E-state index contributed by atoms with van der Waals surface area (Å²) in [7, 11) is 1.15. The molecule has 0 spiro atoms. The van der Waals surface area contributed by atoms with Crippen LogP contribution in [-0.4, -0.2) is 24.7 Å². The number of nitrogens with one attached hydrogen (secondary N) is 1. The Labute approximate surface area is 117 Å². The summed E-state index contributed by atoms with van der Waals surface area (Å²) in [5.74, 6) is -2.37. The molecule has 1 unspecified atom stereocenters. The summed E-state index contributed by atoms with van der Waals surface area (Å²) in [5.41, 5.74) is 2.10. The highest BCUT2D eigenvalue weighted by Gasteiger charge is 2.33. The Kier molecular flexibility index (Phi) is 3.97. The van der Waals surface area contributed by atoms with Crippen molar-refractivity contribution in [2.24, 2.45) is 11.0 Å². The van der Waals surface area contributed by atoms with E-state index >= 15 is 0 Å². The molecule has 2 rings (SSSR count). The molecule has 1 aliphatic rings. The van der Waals surface area contributed by atoms with Crippen LogP contribution in [0.4, 0.5) is 13.2 Å². The van der Waals surface area contributed by atoms with Crippen molar-refractivity contribution in [3.05, 3.63) is 35.4 Å². The van der Waals surface area contributed by atoms with Crippen molar-refractivity contribution < 1.29 is 27.5 Å². The topological polar surface area (TPSA) is 67.8 Å². The van der Waals surface area contributed by atoms with E-state index < -0.39 is 29.5 Å². The number of amides is 1. The number of alkyl halides is 3. The van der Waals surface area contributed by atoms with Crippen LogP contribution in [0.15, 0.2) is 29.4 Å². The van der Waals surface area contributed by atoms with Crippen LogP contribution < -0.4 is 5.43 Å². The second-order valence-electron chi connectivity index (χ2n) is 4.39. The molecule has 0 saturated carbocycles. The van der Waals surface area contributed by atoms with Crippen molar-refractivity contribution in [3.63, 3.8) is 0 Å². The van der Waals surface area contributed by atoms with Gasteiger partial charge in [0, 0.05) is 6.42 Å². The van der Waals surface area contributed by atoms with Gasteiger partial charge in [0.25, 0.3) is 5.91 Å². The predicted octanol–water partition coefficient (Wildman–Crippen LogP) is 1.72.